The van der Waals surface area contributed by atoms with Crippen LogP contribution in [0.5, 0.6) is 0 Å². The molecule has 0 aliphatic carbocycles. The molecule has 0 bridgehead atoms. The molecular weight excluding hydrogens is 513 g/mol. The van der Waals surface area contributed by atoms with Crippen LogP contribution in [0.15, 0.2) is 18.2 Å². The molecule has 7 heteroatoms. The van der Waals surface area contributed by atoms with Crippen molar-refractivity contribution in [1.82, 2.24) is 20.3 Å². The Bertz CT molecular complexity index is 913. The summed E-state index contributed by atoms with van der Waals surface area (Å²) in [6, 6.07) is 6.65. The SMILES string of the molecule is CCCCc1nc2c([nH]1)c([N](C)[Hg])nc1ccc(N3CCNCC3)cc12. The number of pyridine rings is 1. The number of benzene rings is 1. The van der Waals surface area contributed by atoms with Crippen LogP contribution < -0.4 is 12.9 Å². The van der Waals surface area contributed by atoms with Crippen molar-refractivity contribution in [2.45, 2.75) is 26.2 Å². The van der Waals surface area contributed by atoms with E-state index in [9.17, 15) is 0 Å². The third kappa shape index (κ3) is 3.41. The van der Waals surface area contributed by atoms with Crippen LogP contribution in [-0.4, -0.2) is 48.2 Å². The first-order valence-corrected chi connectivity index (χ1v) is 12.0. The summed E-state index contributed by atoms with van der Waals surface area (Å²) in [5, 5.41) is 4.58. The number of rotatable bonds is 5. The van der Waals surface area contributed by atoms with Crippen LogP contribution in [0.2, 0.25) is 0 Å². The molecule has 3 heterocycles. The molecule has 133 valence electrons. The van der Waals surface area contributed by atoms with Crippen molar-refractivity contribution in [3.8, 4) is 0 Å². The molecule has 0 radical (unpaired) electrons. The maximum atomic E-state index is 4.98. The van der Waals surface area contributed by atoms with Gasteiger partial charge in [0.1, 0.15) is 0 Å². The molecule has 26 heavy (non-hydrogen) atoms. The van der Waals surface area contributed by atoms with Crippen LogP contribution >= 0.6 is 0 Å². The Morgan fingerprint density at radius 3 is 2.77 bits per heavy atom. The number of H-pyrrole nitrogens is 1. The number of aromatic nitrogens is 3. The summed E-state index contributed by atoms with van der Waals surface area (Å²) in [5.74, 6) is 2.13. The number of hydrogen-bond donors (Lipinski definition) is 2. The standard InChI is InChI=1S/C19H25N6.Hg/c1-3-4-5-16-23-17-14-12-13(25-10-8-21-9-11-25)6-7-15(14)22-19(20-2)18(17)24-16;/h6-7,12,21H,3-5,8-11H2,1-2H3,(H-,20,22,23,24);/q-1;+1. The van der Waals surface area contributed by atoms with Gasteiger partial charge in [-0.25, -0.2) is 0 Å². The molecule has 1 aliphatic rings. The average Bonchev–Trinajstić information content (AvgIpc) is 3.10. The fourth-order valence-electron chi connectivity index (χ4n) is 3.62. The second-order valence-electron chi connectivity index (χ2n) is 7.08. The van der Waals surface area contributed by atoms with E-state index in [-0.39, 0.29) is 0 Å². The number of imidazole rings is 1. The Labute approximate surface area is 170 Å². The number of fused-ring (bicyclic) bond motifs is 3. The Morgan fingerprint density at radius 1 is 1.23 bits per heavy atom. The van der Waals surface area contributed by atoms with E-state index in [4.69, 9.17) is 9.97 Å². The van der Waals surface area contributed by atoms with Crippen molar-refractivity contribution < 1.29 is 26.4 Å². The summed E-state index contributed by atoms with van der Waals surface area (Å²) in [5.41, 5.74) is 4.48. The zero-order valence-electron chi connectivity index (χ0n) is 15.7. The fourth-order valence-corrected chi connectivity index (χ4v) is 4.51. The van der Waals surface area contributed by atoms with E-state index in [0.717, 1.165) is 72.6 Å². The maximum absolute atomic E-state index is 4.98. The van der Waals surface area contributed by atoms with Crippen molar-refractivity contribution >= 4 is 33.4 Å². The van der Waals surface area contributed by atoms with Gasteiger partial charge in [0.05, 0.1) is 0 Å². The Kier molecular flexibility index (Phi) is 5.31. The van der Waals surface area contributed by atoms with Gasteiger partial charge < -0.3 is 0 Å². The number of unbranched alkanes of at least 4 members (excludes halogenated alkanes) is 1. The second-order valence-corrected chi connectivity index (χ2v) is 10.8. The number of piperazine rings is 1. The van der Waals surface area contributed by atoms with Gasteiger partial charge in [-0.05, 0) is 0 Å². The molecule has 0 amide bonds. The predicted molar refractivity (Wildman–Crippen MR) is 103 cm³/mol. The van der Waals surface area contributed by atoms with E-state index in [1.807, 2.05) is 0 Å². The summed E-state index contributed by atoms with van der Waals surface area (Å²) >= 11 is 0.482. The third-order valence-corrected chi connectivity index (χ3v) is 6.21. The fraction of sp³-hybridized carbons (Fsp3) is 0.474. The molecule has 1 saturated heterocycles. The number of aryl methyl sites for hydroxylation is 1. The van der Waals surface area contributed by atoms with Crippen molar-refractivity contribution in [3.05, 3.63) is 24.0 Å². The Balaban J connectivity index is 1.86. The topological polar surface area (TPSA) is 60.1 Å². The van der Waals surface area contributed by atoms with Gasteiger partial charge in [0.15, 0.2) is 0 Å². The Hall–Kier alpha value is -1.40. The van der Waals surface area contributed by atoms with Gasteiger partial charge in [0, 0.05) is 0 Å². The zero-order chi connectivity index (χ0) is 18.1. The second kappa shape index (κ2) is 7.68. The average molecular weight is 538 g/mol. The van der Waals surface area contributed by atoms with Crippen LogP contribution in [0.1, 0.15) is 25.6 Å². The van der Waals surface area contributed by atoms with Crippen molar-refractivity contribution in [1.29, 1.82) is 0 Å². The summed E-state index contributed by atoms with van der Waals surface area (Å²) in [4.78, 5) is 15.9. The molecule has 4 rings (SSSR count). The van der Waals surface area contributed by atoms with Crippen LogP contribution in [-0.2, 0) is 32.8 Å². The molecule has 2 aromatic heterocycles. The van der Waals surface area contributed by atoms with E-state index in [0.29, 0.717) is 26.4 Å². The summed E-state index contributed by atoms with van der Waals surface area (Å²) < 4.78 is 2.26. The molecule has 6 nitrogen and oxygen atoms in total. The van der Waals surface area contributed by atoms with E-state index >= 15 is 0 Å². The normalized spacial score (nSPS) is 15.2. The Morgan fingerprint density at radius 2 is 2.04 bits per heavy atom. The van der Waals surface area contributed by atoms with Gasteiger partial charge in [-0.15, -0.1) is 0 Å². The van der Waals surface area contributed by atoms with Gasteiger partial charge in [0.2, 0.25) is 0 Å². The van der Waals surface area contributed by atoms with Crippen molar-refractivity contribution in [3.63, 3.8) is 0 Å². The minimum absolute atomic E-state index is 0.482. The summed E-state index contributed by atoms with van der Waals surface area (Å²) in [6.07, 6.45) is 3.34. The minimum atomic E-state index is 0.482. The molecule has 1 aromatic carbocycles. The first-order valence-electron chi connectivity index (χ1n) is 9.49. The molecule has 1 fully saturated rings. The molecule has 0 saturated carbocycles. The molecule has 1 aliphatic heterocycles. The quantitative estimate of drug-likeness (QED) is 0.490. The molecule has 3 aromatic rings. The first-order chi connectivity index (χ1) is 12.7. The molecule has 0 unspecified atom stereocenters. The van der Waals surface area contributed by atoms with E-state index in [2.05, 4.69) is 50.0 Å². The number of anilines is 2. The van der Waals surface area contributed by atoms with Crippen LogP contribution in [0.4, 0.5) is 11.5 Å². The van der Waals surface area contributed by atoms with Crippen LogP contribution in [0, 0.1) is 0 Å². The zero-order valence-corrected chi connectivity index (χ0v) is 21.2. The van der Waals surface area contributed by atoms with Crippen molar-refractivity contribution in [2.24, 2.45) is 0 Å². The van der Waals surface area contributed by atoms with E-state index in [1.165, 1.54) is 12.1 Å². The van der Waals surface area contributed by atoms with Crippen molar-refractivity contribution in [2.75, 3.05) is 40.8 Å². The van der Waals surface area contributed by atoms with Gasteiger partial charge >= 0.3 is 171 Å². The predicted octanol–water partition coefficient (Wildman–Crippen LogP) is 2.76. The van der Waals surface area contributed by atoms with Gasteiger partial charge in [-0.2, -0.15) is 0 Å². The first kappa shape index (κ1) is 18.0. The van der Waals surface area contributed by atoms with Gasteiger partial charge in [0.25, 0.3) is 0 Å². The number of nitrogens with one attached hydrogen (secondary N) is 2. The van der Waals surface area contributed by atoms with Gasteiger partial charge in [-0.3, -0.25) is 0 Å². The number of hydrogen-bond acceptors (Lipinski definition) is 5. The number of nitrogens with zero attached hydrogens (tertiary/aromatic N) is 4. The van der Waals surface area contributed by atoms with E-state index < -0.39 is 0 Å². The van der Waals surface area contributed by atoms with Gasteiger partial charge in [-0.1, -0.05) is 0 Å². The molecule has 2 N–H and O–H groups in total. The number of aromatic amines is 1. The summed E-state index contributed by atoms with van der Waals surface area (Å²) in [7, 11) is 2.12. The third-order valence-electron chi connectivity index (χ3n) is 5.05. The van der Waals surface area contributed by atoms with Crippen LogP contribution in [0.3, 0.4) is 0 Å². The molecular formula is C19H25HgN6. The monoisotopic (exact) mass is 539 g/mol. The van der Waals surface area contributed by atoms with Crippen LogP contribution in [0.25, 0.3) is 21.9 Å². The molecule has 0 atom stereocenters. The summed E-state index contributed by atoms with van der Waals surface area (Å²) in [6.45, 7) is 6.41. The molecule has 0 spiro atoms. The van der Waals surface area contributed by atoms with E-state index in [1.54, 1.807) is 0 Å².